The van der Waals surface area contributed by atoms with E-state index in [2.05, 4.69) is 10.3 Å². The molecule has 8 heteroatoms. The maximum Gasteiger partial charge on any atom is 0.454 e. The minimum Gasteiger partial charge on any atom is -0.375 e. The SMILES string of the molecule is CNC(=CC(=O)C(F)(F)F)N(C)Cc1ccc(Cl)nc1. The number of nitrogens with one attached hydrogen (secondary N) is 1. The normalized spacial score (nSPS) is 12.2. The van der Waals surface area contributed by atoms with Crippen LogP contribution in [0.1, 0.15) is 5.56 Å². The summed E-state index contributed by atoms with van der Waals surface area (Å²) in [5.74, 6) is -1.86. The van der Waals surface area contributed by atoms with Crippen molar-refractivity contribution >= 4 is 17.4 Å². The molecule has 0 radical (unpaired) electrons. The number of rotatable bonds is 5. The largest absolute Gasteiger partial charge is 0.454 e. The lowest BCUT2D eigenvalue weighted by atomic mass is 10.2. The molecule has 0 bridgehead atoms. The number of carbonyl (C=O) groups excluding carboxylic acids is 1. The van der Waals surface area contributed by atoms with E-state index < -0.39 is 12.0 Å². The van der Waals surface area contributed by atoms with Gasteiger partial charge in [0, 0.05) is 32.9 Å². The highest BCUT2D eigenvalue weighted by Crippen LogP contribution is 2.18. The molecule has 0 unspecified atom stereocenters. The molecule has 0 spiro atoms. The average molecular weight is 308 g/mol. The molecule has 1 N–H and O–H groups in total. The highest BCUT2D eigenvalue weighted by molar-refractivity contribution is 6.29. The third-order valence-corrected chi connectivity index (χ3v) is 2.65. The van der Waals surface area contributed by atoms with Gasteiger partial charge >= 0.3 is 6.18 Å². The number of allylic oxidation sites excluding steroid dienone is 1. The summed E-state index contributed by atoms with van der Waals surface area (Å²) >= 11 is 5.64. The van der Waals surface area contributed by atoms with Gasteiger partial charge in [0.15, 0.2) is 0 Å². The first kappa shape index (κ1) is 16.3. The van der Waals surface area contributed by atoms with E-state index in [0.717, 1.165) is 5.56 Å². The van der Waals surface area contributed by atoms with Crippen LogP contribution < -0.4 is 5.32 Å². The molecule has 0 aliphatic heterocycles. The van der Waals surface area contributed by atoms with Gasteiger partial charge in [-0.3, -0.25) is 4.79 Å². The van der Waals surface area contributed by atoms with E-state index in [1.807, 2.05) is 0 Å². The highest BCUT2D eigenvalue weighted by Gasteiger charge is 2.37. The third kappa shape index (κ3) is 4.73. The number of ketones is 1. The number of alkyl halides is 3. The van der Waals surface area contributed by atoms with Crippen LogP contribution in [0.15, 0.2) is 30.2 Å². The molecule has 20 heavy (non-hydrogen) atoms. The summed E-state index contributed by atoms with van der Waals surface area (Å²) < 4.78 is 36.6. The van der Waals surface area contributed by atoms with E-state index in [4.69, 9.17) is 11.6 Å². The summed E-state index contributed by atoms with van der Waals surface area (Å²) in [4.78, 5) is 16.3. The van der Waals surface area contributed by atoms with Gasteiger partial charge in [-0.15, -0.1) is 0 Å². The van der Waals surface area contributed by atoms with Crippen LogP contribution >= 0.6 is 11.6 Å². The van der Waals surface area contributed by atoms with E-state index in [1.165, 1.54) is 18.1 Å². The van der Waals surface area contributed by atoms with E-state index in [9.17, 15) is 18.0 Å². The predicted octanol–water partition coefficient (Wildman–Crippen LogP) is 2.36. The molecule has 0 saturated heterocycles. The molecular formula is C12H13ClF3N3O. The fraction of sp³-hybridized carbons (Fsp3) is 0.333. The van der Waals surface area contributed by atoms with Crippen LogP contribution in [0.2, 0.25) is 5.15 Å². The first-order valence-electron chi connectivity index (χ1n) is 5.56. The molecule has 1 aromatic heterocycles. The fourth-order valence-electron chi connectivity index (χ4n) is 1.44. The number of halogens is 4. The van der Waals surface area contributed by atoms with Gasteiger partial charge in [0.1, 0.15) is 11.0 Å². The summed E-state index contributed by atoms with van der Waals surface area (Å²) in [6.45, 7) is 0.280. The summed E-state index contributed by atoms with van der Waals surface area (Å²) in [7, 11) is 2.99. The van der Waals surface area contributed by atoms with E-state index in [1.54, 1.807) is 19.2 Å². The lowest BCUT2D eigenvalue weighted by Gasteiger charge is -2.22. The van der Waals surface area contributed by atoms with Crippen LogP contribution in [0.5, 0.6) is 0 Å². The first-order valence-corrected chi connectivity index (χ1v) is 5.94. The van der Waals surface area contributed by atoms with Crippen LogP contribution in [0.4, 0.5) is 13.2 Å². The quantitative estimate of drug-likeness (QED) is 0.670. The van der Waals surface area contributed by atoms with Crippen molar-refractivity contribution in [1.82, 2.24) is 15.2 Å². The molecule has 4 nitrogen and oxygen atoms in total. The van der Waals surface area contributed by atoms with Crippen molar-refractivity contribution in [2.45, 2.75) is 12.7 Å². The van der Waals surface area contributed by atoms with Gasteiger partial charge in [-0.1, -0.05) is 17.7 Å². The minimum atomic E-state index is -4.88. The molecule has 0 fully saturated rings. The van der Waals surface area contributed by atoms with E-state index >= 15 is 0 Å². The smallest absolute Gasteiger partial charge is 0.375 e. The Kier molecular flexibility index (Phi) is 5.38. The zero-order chi connectivity index (χ0) is 15.3. The van der Waals surface area contributed by atoms with Gasteiger partial charge in [0.25, 0.3) is 5.78 Å². The van der Waals surface area contributed by atoms with Gasteiger partial charge in [0.05, 0.1) is 0 Å². The number of hydrogen-bond acceptors (Lipinski definition) is 4. The monoisotopic (exact) mass is 307 g/mol. The maximum atomic E-state index is 12.2. The lowest BCUT2D eigenvalue weighted by Crippen LogP contribution is -2.29. The van der Waals surface area contributed by atoms with Crippen molar-refractivity contribution in [3.05, 3.63) is 40.9 Å². The van der Waals surface area contributed by atoms with Gasteiger partial charge in [-0.05, 0) is 11.6 Å². The number of nitrogens with zero attached hydrogens (tertiary/aromatic N) is 2. The van der Waals surface area contributed by atoms with Crippen molar-refractivity contribution in [3.8, 4) is 0 Å². The molecule has 0 aliphatic rings. The number of pyridine rings is 1. The van der Waals surface area contributed by atoms with Crippen molar-refractivity contribution in [2.75, 3.05) is 14.1 Å². The summed E-state index contributed by atoms with van der Waals surface area (Å²) in [6, 6.07) is 3.28. The van der Waals surface area contributed by atoms with Crippen LogP contribution in [-0.2, 0) is 11.3 Å². The van der Waals surface area contributed by atoms with Crippen LogP contribution in [0, 0.1) is 0 Å². The Hall–Kier alpha value is -1.76. The number of aromatic nitrogens is 1. The Morgan fingerprint density at radius 1 is 1.50 bits per heavy atom. The second-order valence-electron chi connectivity index (χ2n) is 3.99. The molecule has 1 rings (SSSR count). The molecule has 0 atom stereocenters. The minimum absolute atomic E-state index is 0.0577. The summed E-state index contributed by atoms with van der Waals surface area (Å²) in [5.41, 5.74) is 0.748. The molecule has 110 valence electrons. The predicted molar refractivity (Wildman–Crippen MR) is 68.9 cm³/mol. The Bertz CT molecular complexity index is 500. The average Bonchev–Trinajstić information content (AvgIpc) is 2.37. The molecule has 1 aromatic rings. The number of hydrogen-bond donors (Lipinski definition) is 1. The topological polar surface area (TPSA) is 45.2 Å². The fourth-order valence-corrected chi connectivity index (χ4v) is 1.55. The molecule has 0 aliphatic carbocycles. The number of carbonyl (C=O) groups is 1. The zero-order valence-electron chi connectivity index (χ0n) is 10.8. The Morgan fingerprint density at radius 3 is 2.60 bits per heavy atom. The molecule has 0 amide bonds. The standard InChI is InChI=1S/C12H13ClF3N3O/c1-17-11(5-9(20)12(14,15)16)19(2)7-8-3-4-10(13)18-6-8/h3-6,17H,7H2,1-2H3. The van der Waals surface area contributed by atoms with E-state index in [-0.39, 0.29) is 12.4 Å². The van der Waals surface area contributed by atoms with Crippen molar-refractivity contribution in [3.63, 3.8) is 0 Å². The van der Waals surface area contributed by atoms with Crippen molar-refractivity contribution in [1.29, 1.82) is 0 Å². The lowest BCUT2D eigenvalue weighted by molar-refractivity contribution is -0.165. The van der Waals surface area contributed by atoms with Crippen LogP contribution in [-0.4, -0.2) is 35.9 Å². The second kappa shape index (κ2) is 6.60. The first-order chi connectivity index (χ1) is 9.24. The molecular weight excluding hydrogens is 295 g/mol. The molecule has 0 aromatic carbocycles. The van der Waals surface area contributed by atoms with Crippen molar-refractivity contribution < 1.29 is 18.0 Å². The molecule has 1 heterocycles. The van der Waals surface area contributed by atoms with Gasteiger partial charge in [-0.25, -0.2) is 4.98 Å². The van der Waals surface area contributed by atoms with Gasteiger partial charge in [0.2, 0.25) is 0 Å². The van der Waals surface area contributed by atoms with Gasteiger partial charge in [-0.2, -0.15) is 13.2 Å². The Labute approximate surface area is 119 Å². The van der Waals surface area contributed by atoms with Gasteiger partial charge < -0.3 is 10.2 Å². The van der Waals surface area contributed by atoms with Crippen molar-refractivity contribution in [2.24, 2.45) is 0 Å². The van der Waals surface area contributed by atoms with Crippen LogP contribution in [0.25, 0.3) is 0 Å². The maximum absolute atomic E-state index is 12.2. The Morgan fingerprint density at radius 2 is 2.15 bits per heavy atom. The third-order valence-electron chi connectivity index (χ3n) is 2.42. The highest BCUT2D eigenvalue weighted by atomic mass is 35.5. The van der Waals surface area contributed by atoms with E-state index in [0.29, 0.717) is 11.2 Å². The zero-order valence-corrected chi connectivity index (χ0v) is 11.6. The summed E-state index contributed by atoms with van der Waals surface area (Å²) in [5, 5.41) is 2.88. The summed E-state index contributed by atoms with van der Waals surface area (Å²) in [6.07, 6.45) is -2.86. The second-order valence-corrected chi connectivity index (χ2v) is 4.37. The molecule has 0 saturated carbocycles. The van der Waals surface area contributed by atoms with Crippen LogP contribution in [0.3, 0.4) is 0 Å². The Balaban J connectivity index is 2.82.